The second kappa shape index (κ2) is 6.65. The van der Waals surface area contributed by atoms with Crippen LogP contribution in [0.1, 0.15) is 15.9 Å². The summed E-state index contributed by atoms with van der Waals surface area (Å²) in [5.74, 6) is -0.711. The molecule has 1 heterocycles. The Bertz CT molecular complexity index is 833. The lowest BCUT2D eigenvalue weighted by molar-refractivity contribution is 0.0336. The molecule has 2 atom stereocenters. The van der Waals surface area contributed by atoms with Gasteiger partial charge in [0.2, 0.25) is 0 Å². The number of esters is 1. The van der Waals surface area contributed by atoms with E-state index in [-0.39, 0.29) is 11.5 Å². The quantitative estimate of drug-likeness (QED) is 0.862. The number of benzene rings is 2. The second-order valence-electron chi connectivity index (χ2n) is 6.01. The van der Waals surface area contributed by atoms with Crippen LogP contribution in [0.4, 0.5) is 5.69 Å². The molecule has 0 aromatic heterocycles. The summed E-state index contributed by atoms with van der Waals surface area (Å²) < 4.78 is 29.5. The van der Waals surface area contributed by atoms with Crippen LogP contribution in [-0.4, -0.2) is 38.0 Å². The summed E-state index contributed by atoms with van der Waals surface area (Å²) in [4.78, 5) is 12.2. The van der Waals surface area contributed by atoms with Gasteiger partial charge in [0.1, 0.15) is 6.10 Å². The first-order valence-corrected chi connectivity index (χ1v) is 9.55. The van der Waals surface area contributed by atoms with Gasteiger partial charge >= 0.3 is 5.97 Å². The minimum atomic E-state index is -3.24. The second-order valence-corrected chi connectivity index (χ2v) is 8.16. The lowest BCUT2D eigenvalue weighted by Gasteiger charge is -2.21. The maximum Gasteiger partial charge on any atom is 0.338 e. The molecule has 6 heteroatoms. The van der Waals surface area contributed by atoms with Gasteiger partial charge in [0.15, 0.2) is 9.84 Å². The van der Waals surface area contributed by atoms with Gasteiger partial charge in [-0.15, -0.1) is 0 Å². The van der Waals surface area contributed by atoms with Gasteiger partial charge in [-0.25, -0.2) is 13.2 Å². The van der Waals surface area contributed by atoms with Gasteiger partial charge in [-0.3, -0.25) is 0 Å². The van der Waals surface area contributed by atoms with Crippen molar-refractivity contribution in [2.75, 3.05) is 16.8 Å². The van der Waals surface area contributed by atoms with Crippen molar-refractivity contribution < 1.29 is 17.9 Å². The Kier molecular flexibility index (Phi) is 4.57. The third kappa shape index (κ3) is 3.94. The van der Waals surface area contributed by atoms with E-state index in [4.69, 9.17) is 4.74 Å². The van der Waals surface area contributed by atoms with Crippen molar-refractivity contribution in [1.82, 2.24) is 0 Å². The summed E-state index contributed by atoms with van der Waals surface area (Å²) in [6, 6.07) is 15.8. The monoisotopic (exact) mass is 345 g/mol. The molecule has 0 saturated carbocycles. The highest BCUT2D eigenvalue weighted by Crippen LogP contribution is 2.22. The van der Waals surface area contributed by atoms with E-state index in [9.17, 15) is 13.2 Å². The molecular weight excluding hydrogens is 326 g/mol. The van der Waals surface area contributed by atoms with Gasteiger partial charge in [-0.05, 0) is 36.8 Å². The number of rotatable bonds is 4. The Labute approximate surface area is 141 Å². The Balaban J connectivity index is 1.76. The third-order valence-electron chi connectivity index (χ3n) is 3.94. The van der Waals surface area contributed by atoms with Gasteiger partial charge in [0.25, 0.3) is 0 Å². The summed E-state index contributed by atoms with van der Waals surface area (Å²) in [6.45, 7) is 1.96. The molecule has 0 bridgehead atoms. The van der Waals surface area contributed by atoms with Crippen molar-refractivity contribution in [1.29, 1.82) is 0 Å². The summed E-state index contributed by atoms with van der Waals surface area (Å²) >= 11 is 0. The lowest BCUT2D eigenvalue weighted by atomic mass is 10.1. The summed E-state index contributed by atoms with van der Waals surface area (Å²) in [6.07, 6.45) is -0.705. The number of aryl methyl sites for hydroxylation is 1. The van der Waals surface area contributed by atoms with Gasteiger partial charge < -0.3 is 10.1 Å². The van der Waals surface area contributed by atoms with Gasteiger partial charge in [0, 0.05) is 5.69 Å². The number of hydrogen-bond acceptors (Lipinski definition) is 5. The Hall–Kier alpha value is -2.34. The molecule has 1 saturated heterocycles. The van der Waals surface area contributed by atoms with Crippen molar-refractivity contribution in [2.45, 2.75) is 19.1 Å². The first-order valence-electron chi connectivity index (χ1n) is 7.73. The number of ether oxygens (including phenoxy) is 1. The minimum Gasteiger partial charge on any atom is -0.455 e. The fraction of sp³-hybridized carbons (Fsp3) is 0.278. The normalized spacial score (nSPS) is 22.0. The van der Waals surface area contributed by atoms with Gasteiger partial charge in [-0.1, -0.05) is 30.3 Å². The van der Waals surface area contributed by atoms with Crippen LogP contribution in [0, 0.1) is 6.92 Å². The number of nitrogens with one attached hydrogen (secondary N) is 1. The number of carbonyl (C=O) groups is 1. The van der Waals surface area contributed by atoms with Crippen LogP contribution < -0.4 is 5.32 Å². The minimum absolute atomic E-state index is 0.0479. The molecule has 3 rings (SSSR count). The number of hydrogen-bond donors (Lipinski definition) is 1. The smallest absolute Gasteiger partial charge is 0.338 e. The van der Waals surface area contributed by atoms with E-state index in [0.29, 0.717) is 5.56 Å². The maximum absolute atomic E-state index is 12.2. The van der Waals surface area contributed by atoms with E-state index in [1.54, 1.807) is 30.3 Å². The van der Waals surface area contributed by atoms with Crippen molar-refractivity contribution >= 4 is 21.5 Å². The Morgan fingerprint density at radius 3 is 2.54 bits per heavy atom. The molecule has 126 valence electrons. The van der Waals surface area contributed by atoms with E-state index in [2.05, 4.69) is 5.32 Å². The standard InChI is InChI=1S/C18H19NO4S/c1-13-6-5-9-15(10-13)19-16-11-24(21,22)12-17(16)23-18(20)14-7-3-2-4-8-14/h2-10,16-17,19H,11-12H2,1H3/t16-,17-/m0/s1. The summed E-state index contributed by atoms with van der Waals surface area (Å²) in [7, 11) is -3.24. The highest BCUT2D eigenvalue weighted by molar-refractivity contribution is 7.91. The molecule has 1 aliphatic heterocycles. The zero-order valence-electron chi connectivity index (χ0n) is 13.3. The fourth-order valence-corrected chi connectivity index (χ4v) is 4.58. The van der Waals surface area contributed by atoms with Gasteiger partial charge in [-0.2, -0.15) is 0 Å². The first kappa shape index (κ1) is 16.5. The van der Waals surface area contributed by atoms with E-state index in [1.807, 2.05) is 31.2 Å². The predicted octanol–water partition coefficient (Wildman–Crippen LogP) is 2.43. The molecule has 2 aromatic rings. The summed E-state index contributed by atoms with van der Waals surface area (Å²) in [5.41, 5.74) is 2.30. The van der Waals surface area contributed by atoms with E-state index < -0.39 is 28.0 Å². The zero-order valence-corrected chi connectivity index (χ0v) is 14.1. The molecule has 1 aliphatic rings. The Morgan fingerprint density at radius 2 is 1.83 bits per heavy atom. The first-order chi connectivity index (χ1) is 11.4. The van der Waals surface area contributed by atoms with E-state index in [0.717, 1.165) is 11.3 Å². The molecule has 5 nitrogen and oxygen atoms in total. The number of sulfone groups is 1. The molecule has 0 spiro atoms. The van der Waals surface area contributed by atoms with Crippen LogP contribution in [-0.2, 0) is 14.6 Å². The van der Waals surface area contributed by atoms with Crippen LogP contribution in [0.15, 0.2) is 54.6 Å². The molecule has 1 N–H and O–H groups in total. The van der Waals surface area contributed by atoms with Gasteiger partial charge in [0.05, 0.1) is 23.1 Å². The van der Waals surface area contributed by atoms with Crippen molar-refractivity contribution in [3.63, 3.8) is 0 Å². The highest BCUT2D eigenvalue weighted by Gasteiger charge is 2.40. The molecule has 0 amide bonds. The van der Waals surface area contributed by atoms with E-state index in [1.165, 1.54) is 0 Å². The SMILES string of the molecule is Cc1cccc(N[C@H]2CS(=O)(=O)C[C@@H]2OC(=O)c2ccccc2)c1. The third-order valence-corrected chi connectivity index (χ3v) is 5.64. The molecule has 0 unspecified atom stereocenters. The molecule has 0 radical (unpaired) electrons. The molecule has 0 aliphatic carbocycles. The molecule has 2 aromatic carbocycles. The molecule has 24 heavy (non-hydrogen) atoms. The van der Waals surface area contributed by atoms with E-state index >= 15 is 0 Å². The number of carbonyl (C=O) groups excluding carboxylic acids is 1. The Morgan fingerprint density at radius 1 is 1.08 bits per heavy atom. The van der Waals surface area contributed by atoms with Crippen LogP contribution in [0.2, 0.25) is 0 Å². The average molecular weight is 345 g/mol. The number of anilines is 1. The fourth-order valence-electron chi connectivity index (χ4n) is 2.79. The van der Waals surface area contributed by atoms with Crippen molar-refractivity contribution in [3.8, 4) is 0 Å². The van der Waals surface area contributed by atoms with Crippen molar-refractivity contribution in [2.24, 2.45) is 0 Å². The highest BCUT2D eigenvalue weighted by atomic mass is 32.2. The average Bonchev–Trinajstić information content (AvgIpc) is 2.81. The lowest BCUT2D eigenvalue weighted by Crippen LogP contribution is -2.36. The van der Waals surface area contributed by atoms with Crippen LogP contribution in [0.25, 0.3) is 0 Å². The van der Waals surface area contributed by atoms with Crippen LogP contribution in [0.5, 0.6) is 0 Å². The molecular formula is C18H19NO4S. The predicted molar refractivity (Wildman–Crippen MR) is 92.9 cm³/mol. The van der Waals surface area contributed by atoms with Crippen LogP contribution in [0.3, 0.4) is 0 Å². The summed E-state index contributed by atoms with van der Waals surface area (Å²) in [5, 5.41) is 3.19. The van der Waals surface area contributed by atoms with Crippen molar-refractivity contribution in [3.05, 3.63) is 65.7 Å². The largest absolute Gasteiger partial charge is 0.455 e. The topological polar surface area (TPSA) is 72.5 Å². The zero-order chi connectivity index (χ0) is 17.2. The van der Waals surface area contributed by atoms with Crippen LogP contribution >= 0.6 is 0 Å². The maximum atomic E-state index is 12.2. The molecule has 1 fully saturated rings.